The monoisotopic (exact) mass is 396 g/mol. The average Bonchev–Trinajstić information content (AvgIpc) is 2.69. The largest absolute Gasteiger partial charge is 0.489 e. The Balaban J connectivity index is 1.70. The van der Waals surface area contributed by atoms with Gasteiger partial charge in [-0.15, -0.1) is 6.58 Å². The van der Waals surface area contributed by atoms with Crippen LogP contribution < -0.4 is 10.1 Å². The molecule has 1 heterocycles. The zero-order valence-electron chi connectivity index (χ0n) is 14.9. The first kappa shape index (κ1) is 19.4. The van der Waals surface area contributed by atoms with Crippen LogP contribution in [-0.4, -0.2) is 29.3 Å². The van der Waals surface area contributed by atoms with Crippen LogP contribution in [0.15, 0.2) is 66.8 Å². The van der Waals surface area contributed by atoms with E-state index >= 15 is 0 Å². The molecule has 2 aromatic rings. The van der Waals surface area contributed by atoms with Gasteiger partial charge in [-0.2, -0.15) is 0 Å². The third-order valence-corrected chi connectivity index (χ3v) is 4.26. The number of urea groups is 1. The van der Waals surface area contributed by atoms with Crippen LogP contribution in [0.5, 0.6) is 5.75 Å². The van der Waals surface area contributed by atoms with Crippen molar-refractivity contribution in [1.82, 2.24) is 10.2 Å². The Bertz CT molecular complexity index is 949. The number of halogens is 1. The van der Waals surface area contributed by atoms with E-state index in [2.05, 4.69) is 11.9 Å². The standard InChI is InChI=1S/C21H17ClN2O4/c1-2-11-24-20(26)18(19(25)23-21(24)27)12-14-5-9-17(10-6-14)28-13-15-3-7-16(22)8-4-15/h2-10,12H,1,11,13H2,(H,23,25,27)/b18-12+. The van der Waals surface area contributed by atoms with Gasteiger partial charge in [0.25, 0.3) is 11.8 Å². The second-order valence-corrected chi connectivity index (χ2v) is 6.44. The lowest BCUT2D eigenvalue weighted by atomic mass is 10.1. The number of hydrogen-bond acceptors (Lipinski definition) is 4. The van der Waals surface area contributed by atoms with Crippen LogP contribution in [0.3, 0.4) is 0 Å². The fourth-order valence-electron chi connectivity index (χ4n) is 2.56. The molecule has 0 unspecified atom stereocenters. The lowest BCUT2D eigenvalue weighted by Crippen LogP contribution is -2.54. The third kappa shape index (κ3) is 4.47. The maximum absolute atomic E-state index is 12.4. The summed E-state index contributed by atoms with van der Waals surface area (Å²) < 4.78 is 5.71. The number of benzene rings is 2. The van der Waals surface area contributed by atoms with Gasteiger partial charge in [-0.3, -0.25) is 19.8 Å². The van der Waals surface area contributed by atoms with E-state index in [9.17, 15) is 14.4 Å². The Morgan fingerprint density at radius 2 is 1.71 bits per heavy atom. The molecular weight excluding hydrogens is 380 g/mol. The van der Waals surface area contributed by atoms with Crippen LogP contribution in [-0.2, 0) is 16.2 Å². The van der Waals surface area contributed by atoms with E-state index in [1.807, 2.05) is 12.1 Å². The third-order valence-electron chi connectivity index (χ3n) is 4.01. The molecule has 1 saturated heterocycles. The number of carbonyl (C=O) groups excluding carboxylic acids is 3. The van der Waals surface area contributed by atoms with Crippen LogP contribution >= 0.6 is 11.6 Å². The fraction of sp³-hybridized carbons (Fsp3) is 0.0952. The van der Waals surface area contributed by atoms with Gasteiger partial charge in [-0.25, -0.2) is 4.79 Å². The topological polar surface area (TPSA) is 75.7 Å². The number of rotatable bonds is 6. The molecule has 1 aliphatic rings. The fourth-order valence-corrected chi connectivity index (χ4v) is 2.69. The van der Waals surface area contributed by atoms with E-state index in [1.54, 1.807) is 36.4 Å². The zero-order valence-corrected chi connectivity index (χ0v) is 15.6. The first-order chi connectivity index (χ1) is 13.5. The van der Waals surface area contributed by atoms with Crippen LogP contribution in [0.25, 0.3) is 6.08 Å². The Hall–Kier alpha value is -3.38. The molecule has 142 valence electrons. The van der Waals surface area contributed by atoms with Crippen molar-refractivity contribution in [2.45, 2.75) is 6.61 Å². The molecule has 4 amide bonds. The first-order valence-electron chi connectivity index (χ1n) is 8.45. The second kappa shape index (κ2) is 8.54. The molecule has 7 heteroatoms. The summed E-state index contributed by atoms with van der Waals surface area (Å²) in [6.07, 6.45) is 2.85. The molecule has 0 spiro atoms. The number of carbonyl (C=O) groups is 3. The number of ether oxygens (including phenoxy) is 1. The van der Waals surface area contributed by atoms with Gasteiger partial charge < -0.3 is 4.74 Å². The van der Waals surface area contributed by atoms with Crippen LogP contribution in [0.2, 0.25) is 5.02 Å². The number of hydrogen-bond donors (Lipinski definition) is 1. The minimum absolute atomic E-state index is 0.0206. The minimum atomic E-state index is -0.752. The highest BCUT2D eigenvalue weighted by Gasteiger charge is 2.34. The second-order valence-electron chi connectivity index (χ2n) is 6.01. The Morgan fingerprint density at radius 3 is 2.36 bits per heavy atom. The molecule has 0 radical (unpaired) electrons. The summed E-state index contributed by atoms with van der Waals surface area (Å²) in [5.41, 5.74) is 1.49. The molecule has 0 bridgehead atoms. The normalized spacial score (nSPS) is 15.5. The highest BCUT2D eigenvalue weighted by atomic mass is 35.5. The van der Waals surface area contributed by atoms with E-state index < -0.39 is 17.8 Å². The van der Waals surface area contributed by atoms with Gasteiger partial charge in [0.1, 0.15) is 17.9 Å². The number of imide groups is 2. The summed E-state index contributed by atoms with van der Waals surface area (Å²) >= 11 is 5.86. The van der Waals surface area contributed by atoms with Gasteiger partial charge in [0.15, 0.2) is 0 Å². The van der Waals surface area contributed by atoms with Crippen molar-refractivity contribution in [3.8, 4) is 5.75 Å². The summed E-state index contributed by atoms with van der Waals surface area (Å²) in [6, 6.07) is 13.5. The molecule has 28 heavy (non-hydrogen) atoms. The number of nitrogens with zero attached hydrogens (tertiary/aromatic N) is 1. The minimum Gasteiger partial charge on any atom is -0.489 e. The van der Waals surface area contributed by atoms with Crippen molar-refractivity contribution in [2.24, 2.45) is 0 Å². The van der Waals surface area contributed by atoms with Crippen molar-refractivity contribution in [3.63, 3.8) is 0 Å². The van der Waals surface area contributed by atoms with E-state index in [1.165, 1.54) is 12.2 Å². The number of amides is 4. The van der Waals surface area contributed by atoms with Gasteiger partial charge in [-0.05, 0) is 41.5 Å². The summed E-state index contributed by atoms with van der Waals surface area (Å²) in [6.45, 7) is 3.91. The maximum Gasteiger partial charge on any atom is 0.331 e. The average molecular weight is 397 g/mol. The molecular formula is C21H17ClN2O4. The lowest BCUT2D eigenvalue weighted by Gasteiger charge is -2.25. The Kier molecular flexibility index (Phi) is 5.91. The van der Waals surface area contributed by atoms with E-state index in [0.29, 0.717) is 22.9 Å². The molecule has 6 nitrogen and oxygen atoms in total. The molecule has 3 rings (SSSR count). The molecule has 2 aromatic carbocycles. The highest BCUT2D eigenvalue weighted by Crippen LogP contribution is 2.19. The van der Waals surface area contributed by atoms with E-state index in [0.717, 1.165) is 10.5 Å². The molecule has 1 N–H and O–H groups in total. The smallest absolute Gasteiger partial charge is 0.331 e. The molecule has 0 aromatic heterocycles. The summed E-state index contributed by atoms with van der Waals surface area (Å²) in [5.74, 6) is -0.741. The summed E-state index contributed by atoms with van der Waals surface area (Å²) in [5, 5.41) is 2.81. The van der Waals surface area contributed by atoms with Crippen molar-refractivity contribution in [1.29, 1.82) is 0 Å². The quantitative estimate of drug-likeness (QED) is 0.460. The van der Waals surface area contributed by atoms with Crippen LogP contribution in [0.4, 0.5) is 4.79 Å². The van der Waals surface area contributed by atoms with Crippen molar-refractivity contribution in [3.05, 3.63) is 82.9 Å². The molecule has 0 saturated carbocycles. The van der Waals surface area contributed by atoms with Gasteiger partial charge >= 0.3 is 6.03 Å². The molecule has 1 aliphatic heterocycles. The summed E-state index contributed by atoms with van der Waals surface area (Å²) in [4.78, 5) is 37.0. The van der Waals surface area contributed by atoms with E-state index in [4.69, 9.17) is 16.3 Å². The van der Waals surface area contributed by atoms with Crippen LogP contribution in [0, 0.1) is 0 Å². The van der Waals surface area contributed by atoms with Gasteiger partial charge in [0.2, 0.25) is 0 Å². The van der Waals surface area contributed by atoms with Crippen molar-refractivity contribution in [2.75, 3.05) is 6.54 Å². The van der Waals surface area contributed by atoms with Crippen LogP contribution in [0.1, 0.15) is 11.1 Å². The van der Waals surface area contributed by atoms with Gasteiger partial charge in [-0.1, -0.05) is 41.9 Å². The van der Waals surface area contributed by atoms with E-state index in [-0.39, 0.29) is 12.1 Å². The zero-order chi connectivity index (χ0) is 20.1. The lowest BCUT2D eigenvalue weighted by molar-refractivity contribution is -0.129. The maximum atomic E-state index is 12.4. The number of barbiturate groups is 1. The highest BCUT2D eigenvalue weighted by molar-refractivity contribution is 6.31. The molecule has 0 atom stereocenters. The SMILES string of the molecule is C=CCN1C(=O)NC(=O)/C(=C\c2ccc(OCc3ccc(Cl)cc3)cc2)C1=O. The molecule has 0 aliphatic carbocycles. The number of nitrogens with one attached hydrogen (secondary N) is 1. The predicted octanol–water partition coefficient (Wildman–Crippen LogP) is 3.57. The summed E-state index contributed by atoms with van der Waals surface area (Å²) in [7, 11) is 0. The van der Waals surface area contributed by atoms with Gasteiger partial charge in [0, 0.05) is 11.6 Å². The Morgan fingerprint density at radius 1 is 1.04 bits per heavy atom. The first-order valence-corrected chi connectivity index (χ1v) is 8.83. The van der Waals surface area contributed by atoms with Crippen molar-refractivity contribution < 1.29 is 19.1 Å². The molecule has 1 fully saturated rings. The van der Waals surface area contributed by atoms with Gasteiger partial charge in [0.05, 0.1) is 0 Å². The predicted molar refractivity (Wildman–Crippen MR) is 106 cm³/mol. The Labute approximate surface area is 167 Å². The van der Waals surface area contributed by atoms with Crippen molar-refractivity contribution >= 4 is 35.5 Å².